The summed E-state index contributed by atoms with van der Waals surface area (Å²) >= 11 is 0. The van der Waals surface area contributed by atoms with Gasteiger partial charge in [-0.2, -0.15) is 0 Å². The zero-order valence-corrected chi connectivity index (χ0v) is 24.7. The maximum absolute atomic E-state index is 12.8. The van der Waals surface area contributed by atoms with Gasteiger partial charge in [0.05, 0.1) is 42.5 Å². The van der Waals surface area contributed by atoms with Gasteiger partial charge in [-0.1, -0.05) is 80.2 Å². The van der Waals surface area contributed by atoms with E-state index in [2.05, 4.69) is 6.08 Å². The van der Waals surface area contributed by atoms with Gasteiger partial charge < -0.3 is 34.6 Å². The van der Waals surface area contributed by atoms with E-state index in [4.69, 9.17) is 19.3 Å². The molecule has 0 radical (unpaired) electrons. The minimum atomic E-state index is -1.49. The molecule has 2 fully saturated rings. The number of carbonyl (C=O) groups is 2. The first-order valence-electron chi connectivity index (χ1n) is 14.7. The summed E-state index contributed by atoms with van der Waals surface area (Å²) in [6, 6.07) is 0. The Morgan fingerprint density at radius 3 is 2.67 bits per heavy atom. The lowest BCUT2D eigenvalue weighted by Gasteiger charge is -2.47. The molecule has 232 valence electrons. The van der Waals surface area contributed by atoms with E-state index in [1.807, 2.05) is 51.2 Å². The molecule has 2 saturated heterocycles. The summed E-state index contributed by atoms with van der Waals surface area (Å²) in [4.78, 5) is 23.7. The smallest absolute Gasteiger partial charge is 0.332 e. The Labute approximate surface area is 248 Å². The van der Waals surface area contributed by atoms with Gasteiger partial charge in [-0.25, -0.2) is 9.59 Å². The molecule has 0 spiro atoms. The zero-order chi connectivity index (χ0) is 30.7. The van der Waals surface area contributed by atoms with E-state index in [-0.39, 0.29) is 37.3 Å². The van der Waals surface area contributed by atoms with Crippen LogP contribution in [0.5, 0.6) is 0 Å². The number of carboxylic acid groups (broad SMARTS) is 1. The Morgan fingerprint density at radius 1 is 1.14 bits per heavy atom. The van der Waals surface area contributed by atoms with E-state index in [0.29, 0.717) is 32.1 Å². The van der Waals surface area contributed by atoms with Gasteiger partial charge in [-0.15, -0.1) is 0 Å². The molecule has 42 heavy (non-hydrogen) atoms. The molecule has 9 atom stereocenters. The molecular formula is C33H46O9. The third kappa shape index (κ3) is 9.61. The molecule has 9 heteroatoms. The summed E-state index contributed by atoms with van der Waals surface area (Å²) in [5.41, 5.74) is 0.130. The van der Waals surface area contributed by atoms with Crippen LogP contribution >= 0.6 is 0 Å². The van der Waals surface area contributed by atoms with E-state index >= 15 is 0 Å². The number of carbonyl (C=O) groups excluding carboxylic acids is 1. The molecule has 0 aromatic carbocycles. The van der Waals surface area contributed by atoms with Crippen molar-refractivity contribution in [3.63, 3.8) is 0 Å². The van der Waals surface area contributed by atoms with Crippen LogP contribution in [0.2, 0.25) is 0 Å². The summed E-state index contributed by atoms with van der Waals surface area (Å²) in [5, 5.41) is 39.4. The van der Waals surface area contributed by atoms with Crippen LogP contribution in [0.3, 0.4) is 0 Å². The monoisotopic (exact) mass is 586 g/mol. The highest BCUT2D eigenvalue weighted by molar-refractivity contribution is 5.82. The van der Waals surface area contributed by atoms with E-state index in [9.17, 15) is 24.9 Å². The molecule has 3 aliphatic rings. The van der Waals surface area contributed by atoms with Crippen molar-refractivity contribution >= 4 is 11.9 Å². The minimum Gasteiger partial charge on any atom is -0.479 e. The Morgan fingerprint density at radius 2 is 1.93 bits per heavy atom. The highest BCUT2D eigenvalue weighted by atomic mass is 16.6. The molecule has 0 aromatic heterocycles. The molecule has 0 amide bonds. The molecule has 3 rings (SSSR count). The number of rotatable bonds is 6. The highest BCUT2D eigenvalue weighted by Crippen LogP contribution is 2.41. The van der Waals surface area contributed by atoms with Crippen molar-refractivity contribution < 1.29 is 44.2 Å². The molecule has 0 unspecified atom stereocenters. The largest absolute Gasteiger partial charge is 0.479 e. The molecular weight excluding hydrogens is 540 g/mol. The molecule has 0 aliphatic carbocycles. The second kappa shape index (κ2) is 16.1. The highest BCUT2D eigenvalue weighted by Gasteiger charge is 2.49. The number of aliphatic hydroxyl groups is 3. The molecule has 9 nitrogen and oxygen atoms in total. The summed E-state index contributed by atoms with van der Waals surface area (Å²) in [5.74, 6) is -1.86. The average Bonchev–Trinajstić information content (AvgIpc) is 2.94. The predicted molar refractivity (Wildman–Crippen MR) is 158 cm³/mol. The Balaban J connectivity index is 1.82. The number of ether oxygens (including phenoxy) is 3. The second-order valence-corrected chi connectivity index (χ2v) is 11.7. The third-order valence-electron chi connectivity index (χ3n) is 8.31. The van der Waals surface area contributed by atoms with E-state index < -0.39 is 41.8 Å². The number of esters is 1. The van der Waals surface area contributed by atoms with Crippen LogP contribution in [0, 0.1) is 11.3 Å². The maximum atomic E-state index is 12.8. The SMILES string of the molecule is CC1=C/[C@H]2O[C@@H](C/C=C/C=C\C(=O)O[C@@H]3C[C@@H](/C=C/C/C=C\1)O[C@@H](C/C=C\C[C@@H](O)C(=O)O)[C@]3(C)CO)C[C@H](O)[C@H]2C. The summed E-state index contributed by atoms with van der Waals surface area (Å²) in [6.07, 6.45) is 18.5. The van der Waals surface area contributed by atoms with Crippen LogP contribution < -0.4 is 0 Å². The second-order valence-electron chi connectivity index (χ2n) is 11.7. The third-order valence-corrected chi connectivity index (χ3v) is 8.31. The number of carboxylic acids is 1. The first-order valence-corrected chi connectivity index (χ1v) is 14.7. The zero-order valence-electron chi connectivity index (χ0n) is 24.7. The normalized spacial score (nSPS) is 39.7. The van der Waals surface area contributed by atoms with Crippen molar-refractivity contribution in [2.45, 2.75) is 102 Å². The number of allylic oxidation sites excluding steroid dienone is 6. The number of aliphatic carboxylic acids is 1. The fourth-order valence-electron chi connectivity index (χ4n) is 5.44. The van der Waals surface area contributed by atoms with E-state index in [0.717, 1.165) is 5.57 Å². The van der Waals surface area contributed by atoms with Crippen molar-refractivity contribution in [1.82, 2.24) is 0 Å². The van der Waals surface area contributed by atoms with Gasteiger partial charge in [0.1, 0.15) is 6.10 Å². The Bertz CT molecular complexity index is 1090. The van der Waals surface area contributed by atoms with Crippen LogP contribution in [0.4, 0.5) is 0 Å². The summed E-state index contributed by atoms with van der Waals surface area (Å²) < 4.78 is 18.5. The molecule has 4 N–H and O–H groups in total. The first-order chi connectivity index (χ1) is 20.0. The fraction of sp³-hybridized carbons (Fsp3) is 0.576. The molecule has 3 aliphatic heterocycles. The first kappa shape index (κ1) is 33.7. The Hall–Kier alpha value is -2.82. The lowest BCUT2D eigenvalue weighted by atomic mass is 9.73. The standard InChI is InChI=1S/C33H46O9/c1-22-12-6-4-7-14-25-20-30(33(3,21-34)29(41-25)16-11-10-15-26(35)32(38)39)42-31(37)17-9-5-8-13-24-19-27(36)23(2)28(18-22)40-24/h5-12,14,17-18,23-30,34-36H,4,13,15-16,19-21H2,1-3H3,(H,38,39)/b8-5+,11-10-,12-6-,14-7+,17-9-,22-18-/t23-,24+,25-,26-,27+,28-,29+,30-,33+/m1/s1. The topological polar surface area (TPSA) is 143 Å². The Kier molecular flexibility index (Phi) is 12.9. The molecule has 3 heterocycles. The maximum Gasteiger partial charge on any atom is 0.332 e. The lowest BCUT2D eigenvalue weighted by Crippen LogP contribution is -2.55. The number of hydrogen-bond donors (Lipinski definition) is 4. The molecule has 0 aromatic rings. The van der Waals surface area contributed by atoms with Gasteiger partial charge in [-0.3, -0.25) is 0 Å². The van der Waals surface area contributed by atoms with Crippen LogP contribution in [0.15, 0.2) is 72.4 Å². The van der Waals surface area contributed by atoms with E-state index in [1.54, 1.807) is 24.3 Å². The van der Waals surface area contributed by atoms with Crippen molar-refractivity contribution in [2.24, 2.45) is 11.3 Å². The fourth-order valence-corrected chi connectivity index (χ4v) is 5.44. The van der Waals surface area contributed by atoms with Crippen molar-refractivity contribution in [2.75, 3.05) is 6.61 Å². The van der Waals surface area contributed by atoms with Crippen LogP contribution in [-0.2, 0) is 23.8 Å². The van der Waals surface area contributed by atoms with Gasteiger partial charge in [0.2, 0.25) is 0 Å². The van der Waals surface area contributed by atoms with Crippen LogP contribution in [0.1, 0.15) is 59.3 Å². The quantitative estimate of drug-likeness (QED) is 0.269. The number of fused-ring (bicyclic) bond motifs is 4. The van der Waals surface area contributed by atoms with Gasteiger partial charge >= 0.3 is 11.9 Å². The minimum absolute atomic E-state index is 0.0213. The van der Waals surface area contributed by atoms with Crippen molar-refractivity contribution in [1.29, 1.82) is 0 Å². The van der Waals surface area contributed by atoms with E-state index in [1.165, 1.54) is 6.08 Å². The molecule has 0 saturated carbocycles. The number of aliphatic hydroxyl groups excluding tert-OH is 3. The van der Waals surface area contributed by atoms with Gasteiger partial charge in [0.25, 0.3) is 0 Å². The van der Waals surface area contributed by atoms with Gasteiger partial charge in [0, 0.05) is 31.3 Å². The van der Waals surface area contributed by atoms with Crippen LogP contribution in [0.25, 0.3) is 0 Å². The van der Waals surface area contributed by atoms with Crippen molar-refractivity contribution in [3.05, 3.63) is 72.4 Å². The summed E-state index contributed by atoms with van der Waals surface area (Å²) in [6.45, 7) is 5.52. The predicted octanol–water partition coefficient (Wildman–Crippen LogP) is 3.96. The lowest BCUT2D eigenvalue weighted by molar-refractivity contribution is -0.198. The van der Waals surface area contributed by atoms with Crippen LogP contribution in [-0.4, -0.2) is 81.7 Å². The number of hydrogen-bond acceptors (Lipinski definition) is 8. The molecule has 4 bridgehead atoms. The van der Waals surface area contributed by atoms with Gasteiger partial charge in [0.15, 0.2) is 6.10 Å². The van der Waals surface area contributed by atoms with Crippen molar-refractivity contribution in [3.8, 4) is 0 Å². The summed E-state index contributed by atoms with van der Waals surface area (Å²) in [7, 11) is 0. The van der Waals surface area contributed by atoms with Gasteiger partial charge in [-0.05, 0) is 26.2 Å². The average molecular weight is 587 g/mol.